The topological polar surface area (TPSA) is 202 Å². The van der Waals surface area contributed by atoms with E-state index >= 15 is 0 Å². The van der Waals surface area contributed by atoms with Gasteiger partial charge in [-0.2, -0.15) is 0 Å². The Kier molecular flexibility index (Phi) is 6.93. The van der Waals surface area contributed by atoms with E-state index in [9.17, 15) is 19.5 Å². The van der Waals surface area contributed by atoms with Gasteiger partial charge in [0.25, 0.3) is 5.91 Å². The number of hydrogen-bond acceptors (Lipinski definition) is 10. The number of carboxylic acids is 2. The minimum absolute atomic E-state index is 0.0183. The van der Waals surface area contributed by atoms with E-state index in [-0.39, 0.29) is 47.2 Å². The van der Waals surface area contributed by atoms with Gasteiger partial charge in [-0.05, 0) is 18.6 Å². The summed E-state index contributed by atoms with van der Waals surface area (Å²) in [4.78, 5) is 52.9. The molecule has 0 spiro atoms. The van der Waals surface area contributed by atoms with Gasteiger partial charge in [0.2, 0.25) is 0 Å². The SMILES string of the molecule is CN(Cc1nc(N)c2nc(N)cnc2n1)N(C(=O)c1ccccc1)[C@@H](CCC(=O)O)C(=O)O. The van der Waals surface area contributed by atoms with Crippen LogP contribution in [0.4, 0.5) is 11.6 Å². The van der Waals surface area contributed by atoms with Crippen LogP contribution in [0.25, 0.3) is 11.2 Å². The van der Waals surface area contributed by atoms with Gasteiger partial charge in [-0.25, -0.2) is 29.7 Å². The number of rotatable bonds is 9. The Morgan fingerprint density at radius 1 is 1.06 bits per heavy atom. The number of hydrogen-bond donors (Lipinski definition) is 4. The van der Waals surface area contributed by atoms with Gasteiger partial charge in [0, 0.05) is 19.0 Å². The third-order valence-electron chi connectivity index (χ3n) is 4.68. The fraction of sp³-hybridized carbons (Fsp3) is 0.250. The summed E-state index contributed by atoms with van der Waals surface area (Å²) in [6, 6.07) is 6.60. The molecule has 0 fully saturated rings. The first-order valence-electron chi connectivity index (χ1n) is 9.76. The molecule has 0 aliphatic rings. The Balaban J connectivity index is 1.97. The molecule has 1 atom stereocenters. The second-order valence-corrected chi connectivity index (χ2v) is 7.11. The number of amides is 1. The van der Waals surface area contributed by atoms with E-state index in [1.165, 1.54) is 30.4 Å². The van der Waals surface area contributed by atoms with E-state index in [4.69, 9.17) is 16.6 Å². The molecular weight excluding hydrogens is 432 g/mol. The number of hydrazine groups is 1. The highest BCUT2D eigenvalue weighted by atomic mass is 16.4. The maximum absolute atomic E-state index is 13.3. The molecule has 13 heteroatoms. The molecule has 0 bridgehead atoms. The Hall–Kier alpha value is -4.39. The molecule has 3 aromatic rings. The lowest BCUT2D eigenvalue weighted by Gasteiger charge is -2.36. The molecule has 3 rings (SSSR count). The molecule has 0 saturated carbocycles. The summed E-state index contributed by atoms with van der Waals surface area (Å²) in [5, 5.41) is 21.1. The van der Waals surface area contributed by atoms with Crippen LogP contribution in [0, 0.1) is 0 Å². The number of nitrogen functional groups attached to an aromatic ring is 2. The van der Waals surface area contributed by atoms with E-state index in [1.54, 1.807) is 18.2 Å². The molecule has 1 aromatic carbocycles. The third-order valence-corrected chi connectivity index (χ3v) is 4.68. The second kappa shape index (κ2) is 9.82. The zero-order valence-electron chi connectivity index (χ0n) is 17.6. The van der Waals surface area contributed by atoms with Gasteiger partial charge in [-0.1, -0.05) is 18.2 Å². The first-order valence-corrected chi connectivity index (χ1v) is 9.76. The van der Waals surface area contributed by atoms with Crippen LogP contribution in [0.15, 0.2) is 36.5 Å². The number of carboxylic acid groups (broad SMARTS) is 2. The van der Waals surface area contributed by atoms with E-state index in [2.05, 4.69) is 19.9 Å². The predicted octanol–water partition coefficient (Wildman–Crippen LogP) is 0.391. The Bertz CT molecular complexity index is 1190. The first-order chi connectivity index (χ1) is 15.7. The maximum Gasteiger partial charge on any atom is 0.328 e. The summed E-state index contributed by atoms with van der Waals surface area (Å²) in [7, 11) is 1.47. The van der Waals surface area contributed by atoms with Crippen molar-refractivity contribution in [2.45, 2.75) is 25.4 Å². The largest absolute Gasteiger partial charge is 0.481 e. The van der Waals surface area contributed by atoms with E-state index < -0.39 is 30.3 Å². The van der Waals surface area contributed by atoms with Gasteiger partial charge < -0.3 is 21.7 Å². The molecule has 2 heterocycles. The maximum atomic E-state index is 13.3. The van der Waals surface area contributed by atoms with Crippen molar-refractivity contribution in [1.29, 1.82) is 0 Å². The summed E-state index contributed by atoms with van der Waals surface area (Å²) in [6.45, 7) is -0.123. The monoisotopic (exact) mass is 454 g/mol. The molecular formula is C20H22N8O5. The van der Waals surface area contributed by atoms with Crippen LogP contribution in [0.2, 0.25) is 0 Å². The number of aliphatic carboxylic acids is 2. The highest BCUT2D eigenvalue weighted by Gasteiger charge is 2.34. The quantitative estimate of drug-likeness (QED) is 0.324. The Morgan fingerprint density at radius 3 is 2.39 bits per heavy atom. The van der Waals surface area contributed by atoms with Gasteiger partial charge in [-0.15, -0.1) is 0 Å². The zero-order chi connectivity index (χ0) is 24.1. The second-order valence-electron chi connectivity index (χ2n) is 7.11. The molecule has 13 nitrogen and oxygen atoms in total. The lowest BCUT2D eigenvalue weighted by Crippen LogP contribution is -2.53. The highest BCUT2D eigenvalue weighted by Crippen LogP contribution is 2.19. The van der Waals surface area contributed by atoms with Crippen LogP contribution < -0.4 is 11.5 Å². The number of carbonyl (C=O) groups is 3. The van der Waals surface area contributed by atoms with E-state index in [0.29, 0.717) is 0 Å². The van der Waals surface area contributed by atoms with Crippen molar-refractivity contribution in [3.05, 3.63) is 47.9 Å². The normalized spacial score (nSPS) is 11.9. The number of fused-ring (bicyclic) bond motifs is 1. The van der Waals surface area contributed by atoms with Crippen LogP contribution in [0.3, 0.4) is 0 Å². The van der Waals surface area contributed by atoms with Crippen molar-refractivity contribution in [3.8, 4) is 0 Å². The molecule has 0 aliphatic heterocycles. The van der Waals surface area contributed by atoms with Gasteiger partial charge in [-0.3, -0.25) is 14.6 Å². The fourth-order valence-corrected chi connectivity index (χ4v) is 3.20. The molecule has 33 heavy (non-hydrogen) atoms. The molecule has 0 saturated heterocycles. The zero-order valence-corrected chi connectivity index (χ0v) is 17.6. The molecule has 172 valence electrons. The van der Waals surface area contributed by atoms with Crippen molar-refractivity contribution in [3.63, 3.8) is 0 Å². The molecule has 1 amide bonds. The number of carbonyl (C=O) groups excluding carboxylic acids is 1. The fourth-order valence-electron chi connectivity index (χ4n) is 3.20. The summed E-state index contributed by atoms with van der Waals surface area (Å²) in [5.41, 5.74) is 12.2. The van der Waals surface area contributed by atoms with Crippen molar-refractivity contribution < 1.29 is 24.6 Å². The van der Waals surface area contributed by atoms with Crippen LogP contribution in [0.1, 0.15) is 29.0 Å². The summed E-state index contributed by atoms with van der Waals surface area (Å²) >= 11 is 0. The molecule has 0 unspecified atom stereocenters. The summed E-state index contributed by atoms with van der Waals surface area (Å²) in [5.74, 6) is -2.85. The van der Waals surface area contributed by atoms with Crippen molar-refractivity contribution in [2.75, 3.05) is 18.5 Å². The van der Waals surface area contributed by atoms with Crippen LogP contribution in [-0.2, 0) is 16.1 Å². The van der Waals surface area contributed by atoms with Crippen LogP contribution in [0.5, 0.6) is 0 Å². The predicted molar refractivity (Wildman–Crippen MR) is 116 cm³/mol. The summed E-state index contributed by atoms with van der Waals surface area (Å²) < 4.78 is 0. The Labute approximate surface area is 187 Å². The van der Waals surface area contributed by atoms with Crippen molar-refractivity contribution in [1.82, 2.24) is 30.0 Å². The highest BCUT2D eigenvalue weighted by molar-refractivity contribution is 5.96. The van der Waals surface area contributed by atoms with Gasteiger partial charge >= 0.3 is 11.9 Å². The molecule has 0 aliphatic carbocycles. The minimum Gasteiger partial charge on any atom is -0.481 e. The number of aromatic nitrogens is 4. The van der Waals surface area contributed by atoms with E-state index in [0.717, 1.165) is 5.01 Å². The molecule has 2 aromatic heterocycles. The number of anilines is 2. The van der Waals surface area contributed by atoms with Crippen LogP contribution in [-0.4, -0.2) is 71.1 Å². The van der Waals surface area contributed by atoms with Gasteiger partial charge in [0.05, 0.1) is 12.7 Å². The third kappa shape index (κ3) is 5.46. The average Bonchev–Trinajstić information content (AvgIpc) is 2.77. The van der Waals surface area contributed by atoms with E-state index in [1.807, 2.05) is 0 Å². The smallest absolute Gasteiger partial charge is 0.328 e. The number of nitrogens with zero attached hydrogens (tertiary/aromatic N) is 6. The molecule has 0 radical (unpaired) electrons. The van der Waals surface area contributed by atoms with Gasteiger partial charge in [0.1, 0.15) is 17.7 Å². The minimum atomic E-state index is -1.45. The Morgan fingerprint density at radius 2 is 1.76 bits per heavy atom. The first kappa shape index (κ1) is 23.3. The van der Waals surface area contributed by atoms with Crippen molar-refractivity contribution >= 4 is 40.6 Å². The lowest BCUT2D eigenvalue weighted by atomic mass is 10.1. The number of nitrogens with two attached hydrogens (primary N) is 2. The van der Waals surface area contributed by atoms with Crippen LogP contribution >= 0.6 is 0 Å². The average molecular weight is 454 g/mol. The lowest BCUT2D eigenvalue weighted by molar-refractivity contribution is -0.150. The number of benzene rings is 1. The van der Waals surface area contributed by atoms with Gasteiger partial charge in [0.15, 0.2) is 17.0 Å². The standard InChI is InChI=1S/C20H22N8O5/c1-27(10-14-25-17(22)16-18(26-14)23-9-13(21)24-16)28(12(20(32)33)7-8-15(29)30)19(31)11-5-3-2-4-6-11/h2-6,9,12H,7-8,10H2,1H3,(H2,21,24)(H,29,30)(H,32,33)(H2,22,23,25,26)/t12-/m0/s1. The summed E-state index contributed by atoms with van der Waals surface area (Å²) in [6.07, 6.45) is 0.554. The van der Waals surface area contributed by atoms with Crippen molar-refractivity contribution in [2.24, 2.45) is 0 Å². The molecule has 6 N–H and O–H groups in total.